The Hall–Kier alpha value is -0.150. The van der Waals surface area contributed by atoms with Crippen molar-refractivity contribution >= 4 is 0 Å². The highest BCUT2D eigenvalue weighted by Gasteiger charge is 2.30. The lowest BCUT2D eigenvalue weighted by Gasteiger charge is -2.11. The van der Waals surface area contributed by atoms with Crippen LogP contribution in [0.4, 0.5) is 4.39 Å². The van der Waals surface area contributed by atoms with Crippen LogP contribution in [-0.4, -0.2) is 43.8 Å². The third-order valence-electron chi connectivity index (χ3n) is 2.14. The summed E-state index contributed by atoms with van der Waals surface area (Å²) in [5, 5.41) is 2.96. The second-order valence-corrected chi connectivity index (χ2v) is 2.76. The van der Waals surface area contributed by atoms with Crippen molar-refractivity contribution < 1.29 is 4.39 Å². The molecule has 0 amide bonds. The molecule has 1 fully saturated rings. The Morgan fingerprint density at radius 2 is 2.30 bits per heavy atom. The molecule has 0 aliphatic carbocycles. The van der Waals surface area contributed by atoms with Crippen LogP contribution in [0.2, 0.25) is 0 Å². The first-order valence-electron chi connectivity index (χ1n) is 3.81. The van der Waals surface area contributed by atoms with E-state index in [1.807, 2.05) is 7.05 Å². The Bertz CT molecular complexity index is 108. The Kier molecular flexibility index (Phi) is 2.63. The summed E-state index contributed by atoms with van der Waals surface area (Å²) in [6, 6.07) is 0.0555. The van der Waals surface area contributed by atoms with Crippen LogP contribution in [0.3, 0.4) is 0 Å². The van der Waals surface area contributed by atoms with Gasteiger partial charge in [0.2, 0.25) is 0 Å². The summed E-state index contributed by atoms with van der Waals surface area (Å²) in [4.78, 5) is 2.12. The van der Waals surface area contributed by atoms with E-state index in [1.54, 1.807) is 0 Å². The van der Waals surface area contributed by atoms with Gasteiger partial charge < -0.3 is 5.32 Å². The summed E-state index contributed by atoms with van der Waals surface area (Å²) >= 11 is 0. The lowest BCUT2D eigenvalue weighted by atomic mass is 10.2. The Morgan fingerprint density at radius 3 is 2.60 bits per heavy atom. The van der Waals surface area contributed by atoms with Gasteiger partial charge in [-0.15, -0.1) is 0 Å². The molecule has 1 aliphatic rings. The molecule has 2 nitrogen and oxygen atoms in total. The number of rotatable bonds is 2. The summed E-state index contributed by atoms with van der Waals surface area (Å²) in [5.41, 5.74) is 0. The predicted molar refractivity (Wildman–Crippen MR) is 39.9 cm³/mol. The number of alkyl halides is 1. The maximum atomic E-state index is 12.9. The van der Waals surface area contributed by atoms with Gasteiger partial charge in [0.05, 0.1) is 6.04 Å². The topological polar surface area (TPSA) is 15.3 Å². The van der Waals surface area contributed by atoms with Crippen molar-refractivity contribution in [3.05, 3.63) is 0 Å². The van der Waals surface area contributed by atoms with Crippen molar-refractivity contribution in [2.75, 3.05) is 26.7 Å². The fourth-order valence-electron chi connectivity index (χ4n) is 1.37. The van der Waals surface area contributed by atoms with Crippen molar-refractivity contribution in [3.63, 3.8) is 0 Å². The minimum absolute atomic E-state index is 0.0555. The largest absolute Gasteiger partial charge is 0.313 e. The van der Waals surface area contributed by atoms with Gasteiger partial charge in [-0.1, -0.05) is 6.92 Å². The molecule has 1 heterocycles. The monoisotopic (exact) mass is 146 g/mol. The van der Waals surface area contributed by atoms with Crippen LogP contribution in [0.15, 0.2) is 0 Å². The number of hydrogen-bond donors (Lipinski definition) is 1. The maximum Gasteiger partial charge on any atom is 0.129 e. The molecule has 0 saturated carbocycles. The summed E-state index contributed by atoms with van der Waals surface area (Å²) in [6.07, 6.45) is -0.676. The molecule has 1 N–H and O–H groups in total. The smallest absolute Gasteiger partial charge is 0.129 e. The van der Waals surface area contributed by atoms with Gasteiger partial charge in [-0.3, -0.25) is 4.90 Å². The molecular formula is C7H15FN2. The summed E-state index contributed by atoms with van der Waals surface area (Å²) < 4.78 is 12.9. The van der Waals surface area contributed by atoms with Crippen LogP contribution in [0.5, 0.6) is 0 Å². The highest BCUT2D eigenvalue weighted by atomic mass is 19.1. The highest BCUT2D eigenvalue weighted by Crippen LogP contribution is 2.11. The lowest BCUT2D eigenvalue weighted by molar-refractivity contribution is 0.286. The van der Waals surface area contributed by atoms with Gasteiger partial charge >= 0.3 is 0 Å². The fraction of sp³-hybridized carbons (Fsp3) is 1.00. The van der Waals surface area contributed by atoms with E-state index in [4.69, 9.17) is 0 Å². The number of nitrogens with zero attached hydrogens (tertiary/aromatic N) is 1. The summed E-state index contributed by atoms with van der Waals surface area (Å²) in [6.45, 7) is 4.47. The van der Waals surface area contributed by atoms with Crippen LogP contribution in [-0.2, 0) is 0 Å². The Morgan fingerprint density at radius 1 is 1.60 bits per heavy atom. The Labute approximate surface area is 61.4 Å². The molecule has 0 spiro atoms. The van der Waals surface area contributed by atoms with Crippen LogP contribution in [0.25, 0.3) is 0 Å². The molecule has 60 valence electrons. The van der Waals surface area contributed by atoms with Crippen LogP contribution in [0, 0.1) is 0 Å². The number of nitrogens with one attached hydrogen (secondary N) is 1. The average molecular weight is 146 g/mol. The fourth-order valence-corrected chi connectivity index (χ4v) is 1.37. The van der Waals surface area contributed by atoms with Crippen LogP contribution in [0.1, 0.15) is 6.92 Å². The normalized spacial score (nSPS) is 35.1. The van der Waals surface area contributed by atoms with Gasteiger partial charge in [0.25, 0.3) is 0 Å². The Balaban J connectivity index is 2.36. The molecule has 1 rings (SSSR count). The van der Waals surface area contributed by atoms with Crippen molar-refractivity contribution in [2.45, 2.75) is 19.1 Å². The summed E-state index contributed by atoms with van der Waals surface area (Å²) in [5.74, 6) is 0. The second kappa shape index (κ2) is 3.30. The third-order valence-corrected chi connectivity index (χ3v) is 2.14. The van der Waals surface area contributed by atoms with Crippen LogP contribution >= 0.6 is 0 Å². The molecule has 0 unspecified atom stereocenters. The van der Waals surface area contributed by atoms with Crippen molar-refractivity contribution in [2.24, 2.45) is 0 Å². The van der Waals surface area contributed by atoms with E-state index >= 15 is 0 Å². The molecule has 1 aliphatic heterocycles. The molecule has 1 saturated heterocycles. The standard InChI is InChI=1S/C7H15FN2/c1-3-10-4-6(8)7(5-10)9-2/h6-7,9H,3-5H2,1-2H3/t6-,7-/m1/s1. The molecule has 3 heteroatoms. The van der Waals surface area contributed by atoms with Crippen molar-refractivity contribution in [1.29, 1.82) is 0 Å². The van der Waals surface area contributed by atoms with Crippen molar-refractivity contribution in [3.8, 4) is 0 Å². The SMILES string of the molecule is CCN1C[C@@H](F)[C@H](NC)C1. The van der Waals surface area contributed by atoms with E-state index in [0.29, 0.717) is 6.54 Å². The summed E-state index contributed by atoms with van der Waals surface area (Å²) in [7, 11) is 1.82. The lowest BCUT2D eigenvalue weighted by Crippen LogP contribution is -2.34. The average Bonchev–Trinajstić information content (AvgIpc) is 2.30. The van der Waals surface area contributed by atoms with E-state index in [9.17, 15) is 4.39 Å². The minimum atomic E-state index is -0.676. The molecular weight excluding hydrogens is 131 g/mol. The first-order chi connectivity index (χ1) is 4.77. The number of likely N-dealkylation sites (N-methyl/N-ethyl adjacent to an activating group) is 2. The quantitative estimate of drug-likeness (QED) is 0.600. The van der Waals surface area contributed by atoms with E-state index < -0.39 is 6.17 Å². The zero-order chi connectivity index (χ0) is 7.56. The van der Waals surface area contributed by atoms with E-state index in [-0.39, 0.29) is 6.04 Å². The molecule has 0 aromatic rings. The van der Waals surface area contributed by atoms with Gasteiger partial charge in [0, 0.05) is 13.1 Å². The van der Waals surface area contributed by atoms with E-state index in [0.717, 1.165) is 13.1 Å². The molecule has 0 aromatic carbocycles. The van der Waals surface area contributed by atoms with Gasteiger partial charge in [-0.05, 0) is 13.6 Å². The second-order valence-electron chi connectivity index (χ2n) is 2.76. The van der Waals surface area contributed by atoms with E-state index in [2.05, 4.69) is 17.1 Å². The zero-order valence-electron chi connectivity index (χ0n) is 6.60. The molecule has 2 atom stereocenters. The zero-order valence-corrected chi connectivity index (χ0v) is 6.60. The maximum absolute atomic E-state index is 12.9. The molecule has 0 bridgehead atoms. The minimum Gasteiger partial charge on any atom is -0.313 e. The van der Waals surface area contributed by atoms with Crippen molar-refractivity contribution in [1.82, 2.24) is 10.2 Å². The van der Waals surface area contributed by atoms with Gasteiger partial charge in [0.15, 0.2) is 0 Å². The number of halogens is 1. The first-order valence-corrected chi connectivity index (χ1v) is 3.81. The van der Waals surface area contributed by atoms with Crippen LogP contribution < -0.4 is 5.32 Å². The van der Waals surface area contributed by atoms with E-state index in [1.165, 1.54) is 0 Å². The predicted octanol–water partition coefficient (Wildman–Crippen LogP) is 0.248. The molecule has 0 aromatic heterocycles. The first kappa shape index (κ1) is 7.95. The van der Waals surface area contributed by atoms with Gasteiger partial charge in [-0.25, -0.2) is 4.39 Å². The van der Waals surface area contributed by atoms with Gasteiger partial charge in [0.1, 0.15) is 6.17 Å². The molecule has 10 heavy (non-hydrogen) atoms. The number of hydrogen-bond acceptors (Lipinski definition) is 2. The number of likely N-dealkylation sites (tertiary alicyclic amines) is 1. The molecule has 0 radical (unpaired) electrons. The third kappa shape index (κ3) is 1.47. The van der Waals surface area contributed by atoms with Gasteiger partial charge in [-0.2, -0.15) is 0 Å². The highest BCUT2D eigenvalue weighted by molar-refractivity contribution is 4.87.